The van der Waals surface area contributed by atoms with Gasteiger partial charge in [-0.25, -0.2) is 4.98 Å². The highest BCUT2D eigenvalue weighted by Crippen LogP contribution is 2.36. The molecule has 0 spiro atoms. The first-order chi connectivity index (χ1) is 29.7. The third-order valence-electron chi connectivity index (χ3n) is 13.4. The highest BCUT2D eigenvalue weighted by Gasteiger charge is 2.49. The van der Waals surface area contributed by atoms with Gasteiger partial charge in [0.15, 0.2) is 0 Å². The number of pyridine rings is 2. The van der Waals surface area contributed by atoms with Crippen molar-refractivity contribution in [3.8, 4) is 11.8 Å². The lowest BCUT2D eigenvalue weighted by Crippen LogP contribution is -2.59. The summed E-state index contributed by atoms with van der Waals surface area (Å²) in [7, 11) is 0. The first-order valence-corrected chi connectivity index (χ1v) is 21.5. The van der Waals surface area contributed by atoms with Crippen LogP contribution in [0.25, 0.3) is 10.9 Å². The third-order valence-corrected chi connectivity index (χ3v) is 13.4. The van der Waals surface area contributed by atoms with Crippen molar-refractivity contribution in [2.45, 2.75) is 76.0 Å². The van der Waals surface area contributed by atoms with Crippen LogP contribution in [0.15, 0.2) is 67.0 Å². The zero-order valence-electron chi connectivity index (χ0n) is 34.1. The van der Waals surface area contributed by atoms with Crippen molar-refractivity contribution >= 4 is 51.9 Å². The smallest absolute Gasteiger partial charge is 0.262 e. The van der Waals surface area contributed by atoms with Crippen LogP contribution in [0.3, 0.4) is 0 Å². The number of ether oxygens (including phenoxy) is 1. The Labute approximate surface area is 354 Å². The molecule has 6 heterocycles. The summed E-state index contributed by atoms with van der Waals surface area (Å²) >= 11 is 0. The number of carbonyl (C=O) groups excluding carboxylic acids is 5. The molecule has 0 bridgehead atoms. The fourth-order valence-corrected chi connectivity index (χ4v) is 9.84. The van der Waals surface area contributed by atoms with Crippen LogP contribution in [0.4, 0.5) is 11.5 Å². The van der Waals surface area contributed by atoms with E-state index in [0.29, 0.717) is 59.6 Å². The summed E-state index contributed by atoms with van der Waals surface area (Å²) in [4.78, 5) is 84.8. The van der Waals surface area contributed by atoms with Gasteiger partial charge in [-0.1, -0.05) is 0 Å². The van der Waals surface area contributed by atoms with Crippen LogP contribution in [-0.2, 0) is 9.59 Å². The molecule has 4 aliphatic heterocycles. The van der Waals surface area contributed by atoms with E-state index in [4.69, 9.17) is 10.5 Å². The van der Waals surface area contributed by atoms with Crippen molar-refractivity contribution in [1.82, 2.24) is 24.7 Å². The van der Waals surface area contributed by atoms with Gasteiger partial charge in [0.05, 0.1) is 33.9 Å². The lowest BCUT2D eigenvalue weighted by atomic mass is 9.89. The molecule has 1 aliphatic carbocycles. The van der Waals surface area contributed by atoms with E-state index in [2.05, 4.69) is 30.7 Å². The standard InChI is InChI=1S/C46H49N9O6/c47-27-30-3-12-39(36-2-1-18-49-42(30)36)61-34-8-5-32(6-9-34)54-41(56)14-11-38(46(54)60)55-44(58)35-10-7-33(26-37(35)45(55)59)52-24-22-51(23-25-52)19-15-29-16-20-53(21-17-29)40-13-4-31(28-50-40)43(48)57/h1-4,7,10,12-13,18,26,28-29,32,34,38H,5-6,8-9,11,14-17,19-25H2,(H2,48,57). The number of hydrogen-bond acceptors (Lipinski definition) is 12. The molecule has 5 amide bonds. The van der Waals surface area contributed by atoms with E-state index < -0.39 is 29.7 Å². The van der Waals surface area contributed by atoms with E-state index in [0.717, 1.165) is 86.9 Å². The first-order valence-electron chi connectivity index (χ1n) is 21.5. The number of rotatable bonds is 10. The van der Waals surface area contributed by atoms with Crippen LogP contribution in [0.1, 0.15) is 94.4 Å². The average Bonchev–Trinajstić information content (AvgIpc) is 3.54. The zero-order valence-corrected chi connectivity index (χ0v) is 34.1. The number of likely N-dealkylation sites (tertiary alicyclic amines) is 1. The van der Waals surface area contributed by atoms with Gasteiger partial charge >= 0.3 is 0 Å². The lowest BCUT2D eigenvalue weighted by molar-refractivity contribution is -0.155. The minimum absolute atomic E-state index is 0.0741. The summed E-state index contributed by atoms with van der Waals surface area (Å²) in [5, 5.41) is 10.3. The number of nitrogens with zero attached hydrogens (tertiary/aromatic N) is 8. The van der Waals surface area contributed by atoms with Gasteiger partial charge in [0.2, 0.25) is 11.8 Å². The molecule has 2 aromatic carbocycles. The molecule has 15 heteroatoms. The van der Waals surface area contributed by atoms with Crippen LogP contribution in [-0.4, -0.2) is 118 Å². The maximum atomic E-state index is 14.1. The molecule has 2 aromatic heterocycles. The Balaban J connectivity index is 0.766. The van der Waals surface area contributed by atoms with Gasteiger partial charge in [-0.3, -0.25) is 43.7 Å². The van der Waals surface area contributed by atoms with Crippen molar-refractivity contribution in [3.05, 3.63) is 89.2 Å². The quantitative estimate of drug-likeness (QED) is 0.221. The molecular formula is C46H49N9O6. The van der Waals surface area contributed by atoms with Crippen molar-refractivity contribution in [2.75, 3.05) is 55.6 Å². The van der Waals surface area contributed by atoms with Crippen molar-refractivity contribution < 1.29 is 28.7 Å². The number of piperidine rings is 2. The Kier molecular flexibility index (Phi) is 11.1. The highest BCUT2D eigenvalue weighted by atomic mass is 16.5. The minimum Gasteiger partial charge on any atom is -0.490 e. The van der Waals surface area contributed by atoms with E-state index in [-0.39, 0.29) is 36.5 Å². The predicted molar refractivity (Wildman–Crippen MR) is 226 cm³/mol. The van der Waals surface area contributed by atoms with Crippen LogP contribution >= 0.6 is 0 Å². The molecule has 4 aromatic rings. The summed E-state index contributed by atoms with van der Waals surface area (Å²) in [6.07, 6.45) is 8.81. The Hall–Kier alpha value is -6.40. The molecule has 2 N–H and O–H groups in total. The number of benzene rings is 2. The maximum Gasteiger partial charge on any atom is 0.262 e. The van der Waals surface area contributed by atoms with Crippen molar-refractivity contribution in [3.63, 3.8) is 0 Å². The van der Waals surface area contributed by atoms with Crippen LogP contribution in [0.5, 0.6) is 5.75 Å². The Morgan fingerprint density at radius 1 is 0.803 bits per heavy atom. The Morgan fingerprint density at radius 2 is 1.57 bits per heavy atom. The third kappa shape index (κ3) is 7.88. The number of carbonyl (C=O) groups is 5. The molecular weight excluding hydrogens is 775 g/mol. The van der Waals surface area contributed by atoms with E-state index in [9.17, 15) is 29.2 Å². The molecule has 0 radical (unpaired) electrons. The van der Waals surface area contributed by atoms with Gasteiger partial charge < -0.3 is 20.3 Å². The van der Waals surface area contributed by atoms with Crippen LogP contribution < -0.4 is 20.3 Å². The normalized spacial score (nSPS) is 22.8. The number of primary amides is 1. The fraction of sp³-hybridized carbons (Fsp3) is 0.435. The molecule has 1 saturated carbocycles. The summed E-state index contributed by atoms with van der Waals surface area (Å²) < 4.78 is 6.38. The second-order valence-electron chi connectivity index (χ2n) is 16.9. The zero-order chi connectivity index (χ0) is 42.2. The van der Waals surface area contributed by atoms with Gasteiger partial charge in [0, 0.05) is 75.2 Å². The number of aromatic nitrogens is 2. The van der Waals surface area contributed by atoms with Crippen molar-refractivity contribution in [1.29, 1.82) is 5.26 Å². The SMILES string of the molecule is N#Cc1ccc(OC2CCC(N3C(=O)CCC(N4C(=O)c5ccc(N6CCN(CCC7CCN(c8ccc(C(N)=O)cn8)CC7)CC6)cc5C4=O)C3=O)CC2)c2cccnc12. The molecule has 5 aliphatic rings. The molecule has 314 valence electrons. The molecule has 15 nitrogen and oxygen atoms in total. The second kappa shape index (κ2) is 16.9. The van der Waals surface area contributed by atoms with E-state index in [1.807, 2.05) is 18.2 Å². The number of imide groups is 2. The summed E-state index contributed by atoms with van der Waals surface area (Å²) in [6.45, 7) is 6.26. The Morgan fingerprint density at radius 3 is 2.30 bits per heavy atom. The van der Waals surface area contributed by atoms with Gasteiger partial charge in [-0.05, 0) is 118 Å². The topological polar surface area (TPSA) is 186 Å². The number of nitriles is 1. The summed E-state index contributed by atoms with van der Waals surface area (Å²) in [5.41, 5.74) is 8.29. The first kappa shape index (κ1) is 40.0. The maximum absolute atomic E-state index is 14.1. The molecule has 1 unspecified atom stereocenters. The predicted octanol–water partition coefficient (Wildman–Crippen LogP) is 4.53. The number of hydrogen-bond donors (Lipinski definition) is 1. The van der Waals surface area contributed by atoms with Gasteiger partial charge in [0.1, 0.15) is 23.7 Å². The fourth-order valence-electron chi connectivity index (χ4n) is 9.84. The van der Waals surface area contributed by atoms with E-state index >= 15 is 0 Å². The minimum atomic E-state index is -1.04. The monoisotopic (exact) mass is 823 g/mol. The highest BCUT2D eigenvalue weighted by molar-refractivity contribution is 6.23. The van der Waals surface area contributed by atoms with E-state index in [1.165, 1.54) is 4.90 Å². The van der Waals surface area contributed by atoms with Crippen LogP contribution in [0.2, 0.25) is 0 Å². The molecule has 9 rings (SSSR count). The second-order valence-corrected chi connectivity index (χ2v) is 16.9. The number of piperazine rings is 1. The lowest BCUT2D eigenvalue weighted by Gasteiger charge is -2.41. The van der Waals surface area contributed by atoms with Crippen LogP contribution in [0, 0.1) is 17.2 Å². The number of nitrogens with two attached hydrogens (primary N) is 1. The molecule has 1 atom stereocenters. The average molecular weight is 824 g/mol. The number of anilines is 2. The number of amides is 5. The number of fused-ring (bicyclic) bond motifs is 2. The molecule has 4 fully saturated rings. The summed E-state index contributed by atoms with van der Waals surface area (Å²) in [6, 6.07) is 16.9. The van der Waals surface area contributed by atoms with Gasteiger partial charge in [-0.2, -0.15) is 5.26 Å². The van der Waals surface area contributed by atoms with Crippen molar-refractivity contribution in [2.24, 2.45) is 11.7 Å². The Bertz CT molecular complexity index is 2410. The van der Waals surface area contributed by atoms with Gasteiger partial charge in [0.25, 0.3) is 17.7 Å². The largest absolute Gasteiger partial charge is 0.490 e. The van der Waals surface area contributed by atoms with Gasteiger partial charge in [-0.15, -0.1) is 0 Å². The molecule has 3 saturated heterocycles. The van der Waals surface area contributed by atoms with E-state index in [1.54, 1.807) is 48.8 Å². The molecule has 61 heavy (non-hydrogen) atoms. The summed E-state index contributed by atoms with van der Waals surface area (Å²) in [5.74, 6) is -0.0697.